The first kappa shape index (κ1) is 13.3. The van der Waals surface area contributed by atoms with Crippen LogP contribution in [-0.4, -0.2) is 12.0 Å². The van der Waals surface area contributed by atoms with E-state index in [1.807, 2.05) is 0 Å². The number of nitrogens with zero attached hydrogens (tertiary/aromatic N) is 1. The van der Waals surface area contributed by atoms with Crippen molar-refractivity contribution in [3.05, 3.63) is 47.9 Å². The fourth-order valence-corrected chi connectivity index (χ4v) is 1.72. The first-order chi connectivity index (χ1) is 8.93. The Balaban J connectivity index is 2.59. The molecule has 19 heavy (non-hydrogen) atoms. The van der Waals surface area contributed by atoms with Gasteiger partial charge in [-0.3, -0.25) is 0 Å². The number of nitrogens with one attached hydrogen (secondary N) is 1. The molecule has 1 aromatic heterocycles. The minimum atomic E-state index is -4.55. The molecule has 0 spiro atoms. The number of alkyl halides is 3. The van der Waals surface area contributed by atoms with Gasteiger partial charge in [-0.1, -0.05) is 18.2 Å². The normalized spacial score (nSPS) is 11.4. The maximum absolute atomic E-state index is 13.6. The van der Waals surface area contributed by atoms with E-state index in [2.05, 4.69) is 10.3 Å². The summed E-state index contributed by atoms with van der Waals surface area (Å²) in [6.45, 7) is 0. The molecule has 0 fully saturated rings. The van der Waals surface area contributed by atoms with Crippen molar-refractivity contribution in [1.29, 1.82) is 0 Å². The summed E-state index contributed by atoms with van der Waals surface area (Å²) in [6.07, 6.45) is -3.34. The standard InChI is InChI=1S/C13H10F4N2/c1-18-12-10(13(15,16)17)6-8(7-19-12)9-4-2-3-5-11(9)14/h2-7H,1H3,(H,18,19). The van der Waals surface area contributed by atoms with Crippen LogP contribution >= 0.6 is 0 Å². The lowest BCUT2D eigenvalue weighted by Gasteiger charge is -2.13. The minimum absolute atomic E-state index is 0.0863. The van der Waals surface area contributed by atoms with E-state index in [1.54, 1.807) is 6.07 Å². The summed E-state index contributed by atoms with van der Waals surface area (Å²) < 4.78 is 52.1. The van der Waals surface area contributed by atoms with Gasteiger partial charge in [0.05, 0.1) is 5.56 Å². The van der Waals surface area contributed by atoms with E-state index < -0.39 is 17.6 Å². The largest absolute Gasteiger partial charge is 0.419 e. The van der Waals surface area contributed by atoms with Crippen LogP contribution in [0.5, 0.6) is 0 Å². The SMILES string of the molecule is CNc1ncc(-c2ccccc2F)cc1C(F)(F)F. The average Bonchev–Trinajstić information content (AvgIpc) is 2.37. The van der Waals surface area contributed by atoms with Crippen molar-refractivity contribution in [3.63, 3.8) is 0 Å². The summed E-state index contributed by atoms with van der Waals surface area (Å²) >= 11 is 0. The first-order valence-corrected chi connectivity index (χ1v) is 5.43. The van der Waals surface area contributed by atoms with E-state index in [4.69, 9.17) is 0 Å². The maximum atomic E-state index is 13.6. The average molecular weight is 270 g/mol. The number of hydrogen-bond acceptors (Lipinski definition) is 2. The van der Waals surface area contributed by atoms with Gasteiger partial charge in [0.25, 0.3) is 0 Å². The smallest absolute Gasteiger partial charge is 0.373 e. The third-order valence-corrected chi connectivity index (χ3v) is 2.61. The van der Waals surface area contributed by atoms with E-state index >= 15 is 0 Å². The van der Waals surface area contributed by atoms with Crippen molar-refractivity contribution in [1.82, 2.24) is 4.98 Å². The molecule has 2 rings (SSSR count). The fourth-order valence-electron chi connectivity index (χ4n) is 1.72. The number of halogens is 4. The molecule has 1 N–H and O–H groups in total. The van der Waals surface area contributed by atoms with Crippen LogP contribution in [-0.2, 0) is 6.18 Å². The van der Waals surface area contributed by atoms with Crippen LogP contribution in [0.25, 0.3) is 11.1 Å². The van der Waals surface area contributed by atoms with Crippen LogP contribution in [0.15, 0.2) is 36.5 Å². The summed E-state index contributed by atoms with van der Waals surface area (Å²) in [5.41, 5.74) is -0.747. The highest BCUT2D eigenvalue weighted by atomic mass is 19.4. The van der Waals surface area contributed by atoms with Gasteiger partial charge in [-0.2, -0.15) is 13.2 Å². The molecule has 0 saturated heterocycles. The molecule has 1 aromatic carbocycles. The molecule has 2 nitrogen and oxygen atoms in total. The van der Waals surface area contributed by atoms with Gasteiger partial charge in [0, 0.05) is 24.4 Å². The van der Waals surface area contributed by atoms with Gasteiger partial charge in [0.15, 0.2) is 0 Å². The zero-order valence-corrected chi connectivity index (χ0v) is 9.92. The highest BCUT2D eigenvalue weighted by Gasteiger charge is 2.34. The fraction of sp³-hybridized carbons (Fsp3) is 0.154. The molecule has 0 aliphatic carbocycles. The van der Waals surface area contributed by atoms with Crippen LogP contribution in [0.4, 0.5) is 23.4 Å². The molecule has 0 amide bonds. The van der Waals surface area contributed by atoms with E-state index in [0.29, 0.717) is 0 Å². The molecule has 0 atom stereocenters. The molecule has 0 saturated carbocycles. The molecule has 100 valence electrons. The zero-order chi connectivity index (χ0) is 14.0. The van der Waals surface area contributed by atoms with Crippen LogP contribution in [0.3, 0.4) is 0 Å². The molecule has 6 heteroatoms. The molecule has 0 unspecified atom stereocenters. The van der Waals surface area contributed by atoms with Crippen molar-refractivity contribution in [3.8, 4) is 11.1 Å². The molecule has 0 aliphatic heterocycles. The van der Waals surface area contributed by atoms with Gasteiger partial charge < -0.3 is 5.32 Å². The van der Waals surface area contributed by atoms with Gasteiger partial charge in [-0.05, 0) is 12.1 Å². The zero-order valence-electron chi connectivity index (χ0n) is 9.92. The van der Waals surface area contributed by atoms with Crippen molar-refractivity contribution >= 4 is 5.82 Å². The summed E-state index contributed by atoms with van der Waals surface area (Å²) in [7, 11) is 1.35. The second-order valence-corrected chi connectivity index (χ2v) is 3.85. The second kappa shape index (κ2) is 4.87. The van der Waals surface area contributed by atoms with E-state index in [9.17, 15) is 17.6 Å². The predicted molar refractivity (Wildman–Crippen MR) is 64.2 cm³/mol. The Morgan fingerprint density at radius 3 is 2.42 bits per heavy atom. The lowest BCUT2D eigenvalue weighted by atomic mass is 10.0. The molecule has 0 bridgehead atoms. The molecule has 1 heterocycles. The second-order valence-electron chi connectivity index (χ2n) is 3.85. The highest BCUT2D eigenvalue weighted by Crippen LogP contribution is 2.36. The number of pyridine rings is 1. The number of benzene rings is 1. The van der Waals surface area contributed by atoms with Crippen LogP contribution in [0, 0.1) is 5.82 Å². The predicted octanol–water partition coefficient (Wildman–Crippen LogP) is 3.95. The van der Waals surface area contributed by atoms with Gasteiger partial charge in [-0.15, -0.1) is 0 Å². The Morgan fingerprint density at radius 1 is 1.16 bits per heavy atom. The third-order valence-electron chi connectivity index (χ3n) is 2.61. The molecule has 0 aliphatic rings. The monoisotopic (exact) mass is 270 g/mol. The van der Waals surface area contributed by atoms with E-state index in [0.717, 1.165) is 6.07 Å². The topological polar surface area (TPSA) is 24.9 Å². The highest BCUT2D eigenvalue weighted by molar-refractivity contribution is 5.66. The van der Waals surface area contributed by atoms with Crippen LogP contribution in [0.1, 0.15) is 5.56 Å². The Labute approximate surface area is 107 Å². The summed E-state index contributed by atoms with van der Waals surface area (Å²) in [5, 5.41) is 2.37. The Bertz CT molecular complexity index is 593. The number of hydrogen-bond donors (Lipinski definition) is 1. The number of rotatable bonds is 2. The quantitative estimate of drug-likeness (QED) is 0.836. The molecule has 2 aromatic rings. The first-order valence-electron chi connectivity index (χ1n) is 5.43. The van der Waals surface area contributed by atoms with Gasteiger partial charge in [0.1, 0.15) is 11.6 Å². The summed E-state index contributed by atoms with van der Waals surface area (Å²) in [4.78, 5) is 3.68. The lowest BCUT2D eigenvalue weighted by Crippen LogP contribution is -2.10. The van der Waals surface area contributed by atoms with Crippen molar-refractivity contribution in [2.24, 2.45) is 0 Å². The lowest BCUT2D eigenvalue weighted by molar-refractivity contribution is -0.137. The van der Waals surface area contributed by atoms with Gasteiger partial charge in [0.2, 0.25) is 0 Å². The van der Waals surface area contributed by atoms with Crippen molar-refractivity contribution in [2.45, 2.75) is 6.18 Å². The van der Waals surface area contributed by atoms with E-state index in [-0.39, 0.29) is 16.9 Å². The number of aromatic nitrogens is 1. The van der Waals surface area contributed by atoms with Gasteiger partial charge >= 0.3 is 6.18 Å². The maximum Gasteiger partial charge on any atom is 0.419 e. The van der Waals surface area contributed by atoms with Crippen LogP contribution < -0.4 is 5.32 Å². The van der Waals surface area contributed by atoms with Crippen molar-refractivity contribution in [2.75, 3.05) is 12.4 Å². The van der Waals surface area contributed by atoms with E-state index in [1.165, 1.54) is 31.4 Å². The molecular formula is C13H10F4N2. The molecular weight excluding hydrogens is 260 g/mol. The third kappa shape index (κ3) is 2.67. The Hall–Kier alpha value is -2.11. The summed E-state index contributed by atoms with van der Waals surface area (Å²) in [6, 6.07) is 6.51. The number of anilines is 1. The Kier molecular flexibility index (Phi) is 3.42. The Morgan fingerprint density at radius 2 is 1.84 bits per heavy atom. The van der Waals surface area contributed by atoms with Gasteiger partial charge in [-0.25, -0.2) is 9.37 Å². The van der Waals surface area contributed by atoms with Crippen LogP contribution in [0.2, 0.25) is 0 Å². The summed E-state index contributed by atoms with van der Waals surface area (Å²) in [5.74, 6) is -0.873. The minimum Gasteiger partial charge on any atom is -0.373 e. The molecule has 0 radical (unpaired) electrons. The van der Waals surface area contributed by atoms with Crippen molar-refractivity contribution < 1.29 is 17.6 Å².